The van der Waals surface area contributed by atoms with Gasteiger partial charge in [0.2, 0.25) is 0 Å². The van der Waals surface area contributed by atoms with Crippen LogP contribution in [0.2, 0.25) is 0 Å². The van der Waals surface area contributed by atoms with Crippen molar-refractivity contribution in [3.8, 4) is 0 Å². The number of nitrogens with one attached hydrogen (secondary N) is 2. The van der Waals surface area contributed by atoms with E-state index in [-0.39, 0.29) is 5.82 Å². The summed E-state index contributed by atoms with van der Waals surface area (Å²) in [6.45, 7) is 6.04. The number of aliphatic imine (C=N–C) groups is 1. The highest BCUT2D eigenvalue weighted by Gasteiger charge is 2.06. The first-order chi connectivity index (χ1) is 11.6. The molecule has 0 bridgehead atoms. The van der Waals surface area contributed by atoms with E-state index < -0.39 is 0 Å². The molecule has 0 unspecified atom stereocenters. The van der Waals surface area contributed by atoms with Gasteiger partial charge in [-0.15, -0.1) is 11.3 Å². The molecule has 24 heavy (non-hydrogen) atoms. The second-order valence-electron chi connectivity index (χ2n) is 5.26. The predicted molar refractivity (Wildman–Crippen MR) is 102 cm³/mol. The van der Waals surface area contributed by atoms with Crippen LogP contribution in [-0.2, 0) is 18.8 Å². The molecule has 0 aliphatic rings. The largest absolute Gasteiger partial charge is 0.357 e. The van der Waals surface area contributed by atoms with Crippen molar-refractivity contribution in [3.05, 3.63) is 51.2 Å². The average Bonchev–Trinajstić information content (AvgIpc) is 2.97. The van der Waals surface area contributed by atoms with E-state index in [4.69, 9.17) is 0 Å². The van der Waals surface area contributed by atoms with Gasteiger partial charge in [-0.2, -0.15) is 11.8 Å². The van der Waals surface area contributed by atoms with Crippen LogP contribution in [0.1, 0.15) is 28.6 Å². The number of hydrogen-bond donors (Lipinski definition) is 2. The lowest BCUT2D eigenvalue weighted by Gasteiger charge is -2.12. The Labute approximate surface area is 151 Å². The number of nitrogens with zero attached hydrogens (tertiary/aromatic N) is 2. The number of aryl methyl sites for hydroxylation is 1. The summed E-state index contributed by atoms with van der Waals surface area (Å²) in [5.74, 6) is 1.34. The van der Waals surface area contributed by atoms with Crippen molar-refractivity contribution < 1.29 is 4.39 Å². The highest BCUT2D eigenvalue weighted by atomic mass is 32.2. The smallest absolute Gasteiger partial charge is 0.191 e. The Morgan fingerprint density at radius 2 is 2.17 bits per heavy atom. The normalized spacial score (nSPS) is 11.6. The molecule has 130 valence electrons. The molecule has 0 radical (unpaired) electrons. The van der Waals surface area contributed by atoms with Gasteiger partial charge in [0.15, 0.2) is 5.96 Å². The van der Waals surface area contributed by atoms with Crippen LogP contribution >= 0.6 is 23.1 Å². The number of halogens is 1. The SMILES string of the molecule is CCNC(=NCc1ccc(F)cc1CSC)NCc1scnc1C. The van der Waals surface area contributed by atoms with Crippen LogP contribution in [0.5, 0.6) is 0 Å². The van der Waals surface area contributed by atoms with Gasteiger partial charge in [-0.05, 0) is 43.4 Å². The predicted octanol–water partition coefficient (Wildman–Crippen LogP) is 3.71. The fourth-order valence-electron chi connectivity index (χ4n) is 2.20. The minimum atomic E-state index is -0.197. The maximum atomic E-state index is 13.4. The van der Waals surface area contributed by atoms with Gasteiger partial charge in [0.05, 0.1) is 24.3 Å². The maximum absolute atomic E-state index is 13.4. The van der Waals surface area contributed by atoms with E-state index in [9.17, 15) is 4.39 Å². The zero-order valence-corrected chi connectivity index (χ0v) is 15.9. The quantitative estimate of drug-likeness (QED) is 0.579. The number of rotatable bonds is 7. The molecule has 0 saturated heterocycles. The summed E-state index contributed by atoms with van der Waals surface area (Å²) >= 11 is 3.31. The molecule has 2 aromatic rings. The van der Waals surface area contributed by atoms with Crippen molar-refractivity contribution in [1.82, 2.24) is 15.6 Å². The van der Waals surface area contributed by atoms with Crippen molar-refractivity contribution in [2.45, 2.75) is 32.7 Å². The van der Waals surface area contributed by atoms with Gasteiger partial charge in [0, 0.05) is 17.2 Å². The topological polar surface area (TPSA) is 49.3 Å². The van der Waals surface area contributed by atoms with Crippen LogP contribution in [-0.4, -0.2) is 23.7 Å². The standard InChI is InChI=1S/C17H23FN4S2/c1-4-19-17(21-9-16-12(2)22-11-24-16)20-8-13-5-6-15(18)7-14(13)10-23-3/h5-7,11H,4,8-10H2,1-3H3,(H2,19,20,21). The number of thiazole rings is 1. The molecule has 4 nitrogen and oxygen atoms in total. The summed E-state index contributed by atoms with van der Waals surface area (Å²) in [4.78, 5) is 10.1. The molecule has 0 atom stereocenters. The molecular formula is C17H23FN4S2. The zero-order chi connectivity index (χ0) is 17.4. The first-order valence-electron chi connectivity index (χ1n) is 7.81. The Hall–Kier alpha value is -1.60. The number of aromatic nitrogens is 1. The van der Waals surface area contributed by atoms with Crippen molar-refractivity contribution in [2.24, 2.45) is 4.99 Å². The lowest BCUT2D eigenvalue weighted by atomic mass is 10.1. The van der Waals surface area contributed by atoms with E-state index in [0.29, 0.717) is 13.1 Å². The molecule has 7 heteroatoms. The fourth-order valence-corrected chi connectivity index (χ4v) is 3.50. The molecule has 1 aromatic carbocycles. The molecule has 0 fully saturated rings. The molecular weight excluding hydrogens is 343 g/mol. The Balaban J connectivity index is 2.06. The van der Waals surface area contributed by atoms with Gasteiger partial charge in [0.1, 0.15) is 5.82 Å². The third-order valence-corrected chi connectivity index (χ3v) is 5.02. The molecule has 1 heterocycles. The third-order valence-electron chi connectivity index (χ3n) is 3.48. The second-order valence-corrected chi connectivity index (χ2v) is 7.06. The van der Waals surface area contributed by atoms with Crippen LogP contribution < -0.4 is 10.6 Å². The van der Waals surface area contributed by atoms with E-state index in [0.717, 1.165) is 35.1 Å². The second kappa shape index (κ2) is 9.64. The molecule has 2 rings (SSSR count). The van der Waals surface area contributed by atoms with Crippen LogP contribution in [0, 0.1) is 12.7 Å². The van der Waals surface area contributed by atoms with Gasteiger partial charge in [-0.3, -0.25) is 0 Å². The Kier molecular flexibility index (Phi) is 7.52. The van der Waals surface area contributed by atoms with Crippen molar-refractivity contribution in [2.75, 3.05) is 12.8 Å². The average molecular weight is 367 g/mol. The molecule has 0 spiro atoms. The third kappa shape index (κ3) is 5.49. The van der Waals surface area contributed by atoms with Gasteiger partial charge >= 0.3 is 0 Å². The zero-order valence-electron chi connectivity index (χ0n) is 14.2. The molecule has 0 aliphatic heterocycles. The van der Waals surface area contributed by atoms with Crippen LogP contribution in [0.3, 0.4) is 0 Å². The first kappa shape index (κ1) is 18.7. The van der Waals surface area contributed by atoms with Gasteiger partial charge in [-0.25, -0.2) is 14.4 Å². The molecule has 0 aliphatic carbocycles. The van der Waals surface area contributed by atoms with Gasteiger partial charge < -0.3 is 10.6 Å². The van der Waals surface area contributed by atoms with Gasteiger partial charge in [-0.1, -0.05) is 6.07 Å². The van der Waals surface area contributed by atoms with E-state index in [2.05, 4.69) is 20.6 Å². The van der Waals surface area contributed by atoms with Crippen molar-refractivity contribution >= 4 is 29.1 Å². The fraction of sp³-hybridized carbons (Fsp3) is 0.412. The summed E-state index contributed by atoms with van der Waals surface area (Å²) in [6, 6.07) is 4.92. The Morgan fingerprint density at radius 3 is 2.83 bits per heavy atom. The van der Waals surface area contributed by atoms with Crippen LogP contribution in [0.15, 0.2) is 28.7 Å². The minimum Gasteiger partial charge on any atom is -0.357 e. The number of guanidine groups is 1. The summed E-state index contributed by atoms with van der Waals surface area (Å²) in [5, 5.41) is 6.57. The first-order valence-corrected chi connectivity index (χ1v) is 10.1. The number of thioether (sulfide) groups is 1. The number of benzene rings is 1. The van der Waals surface area contributed by atoms with E-state index in [1.807, 2.05) is 31.7 Å². The van der Waals surface area contributed by atoms with Crippen LogP contribution in [0.4, 0.5) is 4.39 Å². The summed E-state index contributed by atoms with van der Waals surface area (Å²) in [6.07, 6.45) is 2.01. The summed E-state index contributed by atoms with van der Waals surface area (Å²) < 4.78 is 13.4. The Morgan fingerprint density at radius 1 is 1.33 bits per heavy atom. The van der Waals surface area contributed by atoms with Gasteiger partial charge in [0.25, 0.3) is 0 Å². The maximum Gasteiger partial charge on any atom is 0.191 e. The van der Waals surface area contributed by atoms with Crippen molar-refractivity contribution in [3.63, 3.8) is 0 Å². The minimum absolute atomic E-state index is 0.197. The molecule has 0 amide bonds. The summed E-state index contributed by atoms with van der Waals surface area (Å²) in [7, 11) is 0. The highest BCUT2D eigenvalue weighted by molar-refractivity contribution is 7.97. The van der Waals surface area contributed by atoms with E-state index >= 15 is 0 Å². The lowest BCUT2D eigenvalue weighted by Crippen LogP contribution is -2.36. The summed E-state index contributed by atoms with van der Waals surface area (Å²) in [5.41, 5.74) is 4.95. The monoisotopic (exact) mass is 366 g/mol. The Bertz CT molecular complexity index is 685. The lowest BCUT2D eigenvalue weighted by molar-refractivity contribution is 0.625. The highest BCUT2D eigenvalue weighted by Crippen LogP contribution is 2.17. The molecule has 2 N–H and O–H groups in total. The van der Waals surface area contributed by atoms with E-state index in [1.54, 1.807) is 29.2 Å². The number of hydrogen-bond acceptors (Lipinski definition) is 4. The molecule has 1 aromatic heterocycles. The van der Waals surface area contributed by atoms with Crippen molar-refractivity contribution in [1.29, 1.82) is 0 Å². The molecule has 0 saturated carbocycles. The van der Waals surface area contributed by atoms with Crippen LogP contribution in [0.25, 0.3) is 0 Å². The van der Waals surface area contributed by atoms with E-state index in [1.165, 1.54) is 10.9 Å².